The van der Waals surface area contributed by atoms with Crippen LogP contribution in [0.2, 0.25) is 0 Å². The number of unbranched alkanes of at least 4 members (excludes halogenated alkanes) is 4. The van der Waals surface area contributed by atoms with E-state index >= 15 is 0 Å². The highest BCUT2D eigenvalue weighted by Crippen LogP contribution is 2.12. The molecule has 0 aliphatic carbocycles. The first kappa shape index (κ1) is 14.6. The Morgan fingerprint density at radius 2 is 1.72 bits per heavy atom. The number of hydrogen-bond donors (Lipinski definition) is 0. The van der Waals surface area contributed by atoms with E-state index in [4.69, 9.17) is 9.47 Å². The van der Waals surface area contributed by atoms with Crippen LogP contribution in [-0.2, 0) is 4.74 Å². The molecule has 0 bridgehead atoms. The summed E-state index contributed by atoms with van der Waals surface area (Å²) in [4.78, 5) is 11.7. The zero-order valence-corrected chi connectivity index (χ0v) is 11.3. The molecule has 18 heavy (non-hydrogen) atoms. The number of esters is 1. The van der Waals surface area contributed by atoms with E-state index in [-0.39, 0.29) is 5.97 Å². The second-order valence-corrected chi connectivity index (χ2v) is 4.28. The van der Waals surface area contributed by atoms with Crippen molar-refractivity contribution in [3.63, 3.8) is 0 Å². The Bertz CT molecular complexity index is 343. The molecule has 100 valence electrons. The number of hydrogen-bond acceptors (Lipinski definition) is 3. The molecule has 3 nitrogen and oxygen atoms in total. The molecule has 1 aromatic carbocycles. The van der Waals surface area contributed by atoms with Crippen LogP contribution in [0.1, 0.15) is 49.4 Å². The van der Waals surface area contributed by atoms with Crippen LogP contribution in [0, 0.1) is 0 Å². The minimum Gasteiger partial charge on any atom is -0.497 e. The number of ether oxygens (including phenoxy) is 2. The van der Waals surface area contributed by atoms with Crippen molar-refractivity contribution in [3.05, 3.63) is 29.8 Å². The molecule has 0 heterocycles. The molecule has 0 fully saturated rings. The Morgan fingerprint density at radius 1 is 1.06 bits per heavy atom. The minimum absolute atomic E-state index is 0.256. The molecular formula is C15H22O3. The normalized spacial score (nSPS) is 10.1. The summed E-state index contributed by atoms with van der Waals surface area (Å²) in [6.07, 6.45) is 5.78. The average Bonchev–Trinajstić information content (AvgIpc) is 2.42. The van der Waals surface area contributed by atoms with Gasteiger partial charge < -0.3 is 9.47 Å². The Balaban J connectivity index is 2.23. The van der Waals surface area contributed by atoms with Gasteiger partial charge in [-0.1, -0.05) is 32.6 Å². The summed E-state index contributed by atoms with van der Waals surface area (Å²) in [5.41, 5.74) is 0.573. The van der Waals surface area contributed by atoms with Crippen LogP contribution in [0.4, 0.5) is 0 Å². The maximum absolute atomic E-state index is 11.7. The average molecular weight is 250 g/mol. The molecule has 3 heteroatoms. The van der Waals surface area contributed by atoms with Gasteiger partial charge in [0.1, 0.15) is 5.75 Å². The number of methoxy groups -OCH3 is 1. The predicted molar refractivity (Wildman–Crippen MR) is 72.0 cm³/mol. The van der Waals surface area contributed by atoms with Crippen LogP contribution in [0.25, 0.3) is 0 Å². The molecule has 0 aliphatic rings. The smallest absolute Gasteiger partial charge is 0.338 e. The van der Waals surface area contributed by atoms with Crippen molar-refractivity contribution < 1.29 is 14.3 Å². The van der Waals surface area contributed by atoms with Gasteiger partial charge in [-0.2, -0.15) is 0 Å². The van der Waals surface area contributed by atoms with Gasteiger partial charge >= 0.3 is 5.97 Å². The largest absolute Gasteiger partial charge is 0.497 e. The fourth-order valence-electron chi connectivity index (χ4n) is 1.68. The molecule has 1 rings (SSSR count). The van der Waals surface area contributed by atoms with Gasteiger partial charge in [0, 0.05) is 0 Å². The maximum atomic E-state index is 11.7. The lowest BCUT2D eigenvalue weighted by Crippen LogP contribution is -2.06. The lowest BCUT2D eigenvalue weighted by atomic mass is 10.2. The second-order valence-electron chi connectivity index (χ2n) is 4.28. The van der Waals surface area contributed by atoms with Crippen molar-refractivity contribution in [1.82, 2.24) is 0 Å². The lowest BCUT2D eigenvalue weighted by molar-refractivity contribution is 0.0497. The van der Waals surface area contributed by atoms with Crippen LogP contribution in [0.3, 0.4) is 0 Å². The van der Waals surface area contributed by atoms with Gasteiger partial charge in [-0.15, -0.1) is 0 Å². The lowest BCUT2D eigenvalue weighted by Gasteiger charge is -2.05. The fourth-order valence-corrected chi connectivity index (χ4v) is 1.68. The van der Waals surface area contributed by atoms with E-state index in [1.807, 2.05) is 0 Å². The van der Waals surface area contributed by atoms with E-state index in [1.54, 1.807) is 31.4 Å². The third-order valence-corrected chi connectivity index (χ3v) is 2.81. The topological polar surface area (TPSA) is 35.5 Å². The highest BCUT2D eigenvalue weighted by molar-refractivity contribution is 5.89. The number of carbonyl (C=O) groups is 1. The second kappa shape index (κ2) is 8.56. The maximum Gasteiger partial charge on any atom is 0.338 e. The predicted octanol–water partition coefficient (Wildman–Crippen LogP) is 3.82. The van der Waals surface area contributed by atoms with E-state index in [9.17, 15) is 4.79 Å². The quantitative estimate of drug-likeness (QED) is 0.519. The third-order valence-electron chi connectivity index (χ3n) is 2.81. The highest BCUT2D eigenvalue weighted by atomic mass is 16.5. The van der Waals surface area contributed by atoms with Gasteiger partial charge in [0.25, 0.3) is 0 Å². The summed E-state index contributed by atoms with van der Waals surface area (Å²) in [6, 6.07) is 6.96. The van der Waals surface area contributed by atoms with Crippen LogP contribution in [0.5, 0.6) is 5.75 Å². The molecule has 0 aliphatic heterocycles. The van der Waals surface area contributed by atoms with E-state index in [1.165, 1.54) is 19.3 Å². The molecule has 0 N–H and O–H groups in total. The zero-order valence-electron chi connectivity index (χ0n) is 11.3. The molecule has 0 aromatic heterocycles. The van der Waals surface area contributed by atoms with Crippen molar-refractivity contribution in [2.75, 3.05) is 13.7 Å². The molecular weight excluding hydrogens is 228 g/mol. The first-order valence-electron chi connectivity index (χ1n) is 6.59. The van der Waals surface area contributed by atoms with E-state index in [0.29, 0.717) is 12.2 Å². The molecule has 0 unspecified atom stereocenters. The zero-order chi connectivity index (χ0) is 13.2. The van der Waals surface area contributed by atoms with Crippen molar-refractivity contribution >= 4 is 5.97 Å². The molecule has 0 spiro atoms. The van der Waals surface area contributed by atoms with Crippen LogP contribution >= 0.6 is 0 Å². The number of carbonyl (C=O) groups excluding carboxylic acids is 1. The van der Waals surface area contributed by atoms with Crippen molar-refractivity contribution in [1.29, 1.82) is 0 Å². The van der Waals surface area contributed by atoms with Crippen molar-refractivity contribution in [2.24, 2.45) is 0 Å². The summed E-state index contributed by atoms with van der Waals surface area (Å²) < 4.78 is 10.2. The SMILES string of the molecule is CCCCCCCOC(=O)c1ccc(OC)cc1. The Labute approximate surface area is 109 Å². The molecule has 0 saturated carbocycles. The van der Waals surface area contributed by atoms with Crippen LogP contribution < -0.4 is 4.74 Å². The molecule has 0 atom stereocenters. The third kappa shape index (κ3) is 5.21. The van der Waals surface area contributed by atoms with E-state index in [0.717, 1.165) is 18.6 Å². The van der Waals surface area contributed by atoms with Crippen molar-refractivity contribution in [2.45, 2.75) is 39.0 Å². The fraction of sp³-hybridized carbons (Fsp3) is 0.533. The monoisotopic (exact) mass is 250 g/mol. The van der Waals surface area contributed by atoms with Gasteiger partial charge in [-0.3, -0.25) is 0 Å². The van der Waals surface area contributed by atoms with Gasteiger partial charge in [-0.05, 0) is 30.7 Å². The summed E-state index contributed by atoms with van der Waals surface area (Å²) >= 11 is 0. The van der Waals surface area contributed by atoms with Gasteiger partial charge in [0.05, 0.1) is 19.3 Å². The number of benzene rings is 1. The van der Waals surface area contributed by atoms with Crippen molar-refractivity contribution in [3.8, 4) is 5.75 Å². The van der Waals surface area contributed by atoms with Gasteiger partial charge in [0.2, 0.25) is 0 Å². The summed E-state index contributed by atoms with van der Waals surface area (Å²) in [5.74, 6) is 0.485. The standard InChI is InChI=1S/C15H22O3/c1-3-4-5-6-7-12-18-15(16)13-8-10-14(17-2)11-9-13/h8-11H,3-7,12H2,1-2H3. The Hall–Kier alpha value is -1.51. The minimum atomic E-state index is -0.256. The Kier molecular flexibility index (Phi) is 6.92. The van der Waals surface area contributed by atoms with E-state index in [2.05, 4.69) is 6.92 Å². The molecule has 1 aromatic rings. The van der Waals surface area contributed by atoms with Gasteiger partial charge in [0.15, 0.2) is 0 Å². The summed E-state index contributed by atoms with van der Waals surface area (Å²) in [5, 5.41) is 0. The van der Waals surface area contributed by atoms with Gasteiger partial charge in [-0.25, -0.2) is 4.79 Å². The highest BCUT2D eigenvalue weighted by Gasteiger charge is 2.06. The summed E-state index contributed by atoms with van der Waals surface area (Å²) in [6.45, 7) is 2.69. The first-order chi connectivity index (χ1) is 8.77. The molecule has 0 amide bonds. The Morgan fingerprint density at radius 3 is 2.33 bits per heavy atom. The first-order valence-corrected chi connectivity index (χ1v) is 6.59. The molecule has 0 radical (unpaired) electrons. The van der Waals surface area contributed by atoms with E-state index < -0.39 is 0 Å². The summed E-state index contributed by atoms with van der Waals surface area (Å²) in [7, 11) is 1.60. The van der Waals surface area contributed by atoms with Crippen LogP contribution in [0.15, 0.2) is 24.3 Å². The van der Waals surface area contributed by atoms with Crippen LogP contribution in [-0.4, -0.2) is 19.7 Å². The number of rotatable bonds is 8. The molecule has 0 saturated heterocycles.